The fraction of sp³-hybridized carbons (Fsp3) is 0.769. The molecule has 1 atom stereocenters. The Labute approximate surface area is 113 Å². The molecule has 1 fully saturated rings. The van der Waals surface area contributed by atoms with Gasteiger partial charge in [-0.1, -0.05) is 0 Å². The van der Waals surface area contributed by atoms with E-state index in [1.165, 1.54) is 19.3 Å². The lowest BCUT2D eigenvalue weighted by atomic mass is 9.94. The first kappa shape index (κ1) is 13.8. The standard InChI is InChI=1S/C13H22N2O2S/c1-17-7-3-5-11-4-2-6-15(8-11)13-14-12(9-16)10-18-13/h10-11,16H,2-9H2,1H3. The summed E-state index contributed by atoms with van der Waals surface area (Å²) >= 11 is 1.64. The zero-order valence-corrected chi connectivity index (χ0v) is 11.8. The summed E-state index contributed by atoms with van der Waals surface area (Å²) in [5, 5.41) is 12.1. The van der Waals surface area contributed by atoms with E-state index in [0.717, 1.165) is 42.9 Å². The fourth-order valence-corrected chi connectivity index (χ4v) is 3.36. The van der Waals surface area contributed by atoms with Gasteiger partial charge < -0.3 is 14.7 Å². The van der Waals surface area contributed by atoms with Crippen LogP contribution in [0.15, 0.2) is 5.38 Å². The van der Waals surface area contributed by atoms with Crippen LogP contribution in [0.5, 0.6) is 0 Å². The molecule has 1 aliphatic rings. The number of methoxy groups -OCH3 is 1. The summed E-state index contributed by atoms with van der Waals surface area (Å²) in [4.78, 5) is 6.82. The van der Waals surface area contributed by atoms with Crippen molar-refractivity contribution in [3.05, 3.63) is 11.1 Å². The average molecular weight is 270 g/mol. The molecule has 1 saturated heterocycles. The van der Waals surface area contributed by atoms with E-state index >= 15 is 0 Å². The van der Waals surface area contributed by atoms with E-state index in [9.17, 15) is 0 Å². The van der Waals surface area contributed by atoms with Gasteiger partial charge in [0.2, 0.25) is 0 Å². The highest BCUT2D eigenvalue weighted by Gasteiger charge is 2.21. The van der Waals surface area contributed by atoms with Gasteiger partial charge in [0.1, 0.15) is 0 Å². The van der Waals surface area contributed by atoms with Crippen molar-refractivity contribution in [2.75, 3.05) is 31.7 Å². The first-order valence-electron chi connectivity index (χ1n) is 6.62. The van der Waals surface area contributed by atoms with Gasteiger partial charge in [0.25, 0.3) is 0 Å². The monoisotopic (exact) mass is 270 g/mol. The highest BCUT2D eigenvalue weighted by atomic mass is 32.1. The van der Waals surface area contributed by atoms with Crippen LogP contribution in [-0.2, 0) is 11.3 Å². The van der Waals surface area contributed by atoms with Crippen molar-refractivity contribution in [1.29, 1.82) is 0 Å². The van der Waals surface area contributed by atoms with E-state index in [1.807, 2.05) is 5.38 Å². The van der Waals surface area contributed by atoms with Gasteiger partial charge in [0.05, 0.1) is 12.3 Å². The minimum absolute atomic E-state index is 0.0433. The summed E-state index contributed by atoms with van der Waals surface area (Å²) < 4.78 is 5.11. The second-order valence-electron chi connectivity index (χ2n) is 4.87. The minimum atomic E-state index is 0.0433. The average Bonchev–Trinajstić information content (AvgIpc) is 2.88. The molecule has 1 aromatic heterocycles. The SMILES string of the molecule is COCCCC1CCCN(c2nc(CO)cs2)C1. The minimum Gasteiger partial charge on any atom is -0.390 e. The van der Waals surface area contributed by atoms with Gasteiger partial charge in [-0.05, 0) is 31.6 Å². The quantitative estimate of drug-likeness (QED) is 0.806. The van der Waals surface area contributed by atoms with Crippen molar-refractivity contribution < 1.29 is 9.84 Å². The van der Waals surface area contributed by atoms with Crippen LogP contribution in [0, 0.1) is 5.92 Å². The van der Waals surface area contributed by atoms with Crippen LogP contribution in [0.25, 0.3) is 0 Å². The normalized spacial score (nSPS) is 20.3. The van der Waals surface area contributed by atoms with Gasteiger partial charge in [0.15, 0.2) is 5.13 Å². The Morgan fingerprint density at radius 3 is 3.22 bits per heavy atom. The van der Waals surface area contributed by atoms with Gasteiger partial charge in [-0.3, -0.25) is 0 Å². The van der Waals surface area contributed by atoms with Crippen LogP contribution in [-0.4, -0.2) is 36.9 Å². The zero-order chi connectivity index (χ0) is 12.8. The number of aliphatic hydroxyl groups is 1. The molecule has 0 radical (unpaired) electrons. The summed E-state index contributed by atoms with van der Waals surface area (Å²) in [5.74, 6) is 0.760. The number of piperidine rings is 1. The molecular formula is C13H22N2O2S. The number of aromatic nitrogens is 1. The van der Waals surface area contributed by atoms with Crippen molar-refractivity contribution in [2.24, 2.45) is 5.92 Å². The lowest BCUT2D eigenvalue weighted by Crippen LogP contribution is -2.35. The van der Waals surface area contributed by atoms with E-state index in [4.69, 9.17) is 9.84 Å². The highest BCUT2D eigenvalue weighted by Crippen LogP contribution is 2.28. The molecule has 4 nitrogen and oxygen atoms in total. The molecule has 0 amide bonds. The molecular weight excluding hydrogens is 248 g/mol. The summed E-state index contributed by atoms with van der Waals surface area (Å²) in [6.45, 7) is 3.10. The molecule has 5 heteroatoms. The van der Waals surface area contributed by atoms with Gasteiger partial charge in [-0.15, -0.1) is 11.3 Å². The number of thiazole rings is 1. The van der Waals surface area contributed by atoms with Gasteiger partial charge in [-0.25, -0.2) is 4.98 Å². The van der Waals surface area contributed by atoms with Crippen molar-refractivity contribution in [3.63, 3.8) is 0 Å². The van der Waals surface area contributed by atoms with Crippen LogP contribution in [0.4, 0.5) is 5.13 Å². The molecule has 18 heavy (non-hydrogen) atoms. The molecule has 2 rings (SSSR count). The fourth-order valence-electron chi connectivity index (χ4n) is 2.50. The van der Waals surface area contributed by atoms with Crippen LogP contribution in [0.3, 0.4) is 0 Å². The second-order valence-corrected chi connectivity index (χ2v) is 5.71. The molecule has 0 aliphatic carbocycles. The first-order chi connectivity index (χ1) is 8.83. The maximum Gasteiger partial charge on any atom is 0.185 e. The Bertz CT molecular complexity index is 357. The lowest BCUT2D eigenvalue weighted by Gasteiger charge is -2.32. The summed E-state index contributed by atoms with van der Waals surface area (Å²) in [6, 6.07) is 0. The molecule has 1 aromatic rings. The molecule has 0 spiro atoms. The maximum absolute atomic E-state index is 9.06. The van der Waals surface area contributed by atoms with E-state index in [2.05, 4.69) is 9.88 Å². The Hall–Kier alpha value is -0.650. The predicted molar refractivity (Wildman–Crippen MR) is 74.1 cm³/mol. The Morgan fingerprint density at radius 2 is 2.50 bits per heavy atom. The van der Waals surface area contributed by atoms with Crippen molar-refractivity contribution in [3.8, 4) is 0 Å². The van der Waals surface area contributed by atoms with Gasteiger partial charge in [0, 0.05) is 32.2 Å². The molecule has 2 heterocycles. The molecule has 1 unspecified atom stereocenters. The molecule has 0 bridgehead atoms. The first-order valence-corrected chi connectivity index (χ1v) is 7.50. The third-order valence-corrected chi connectivity index (χ3v) is 4.40. The van der Waals surface area contributed by atoms with Crippen LogP contribution in [0.1, 0.15) is 31.4 Å². The largest absolute Gasteiger partial charge is 0.390 e. The van der Waals surface area contributed by atoms with Crippen LogP contribution >= 0.6 is 11.3 Å². The smallest absolute Gasteiger partial charge is 0.185 e. The Kier molecular flexibility index (Phi) is 5.41. The number of ether oxygens (including phenoxy) is 1. The molecule has 1 aliphatic heterocycles. The number of hydrogen-bond donors (Lipinski definition) is 1. The van der Waals surface area contributed by atoms with Crippen LogP contribution < -0.4 is 4.90 Å². The van der Waals surface area contributed by atoms with Crippen molar-refractivity contribution in [2.45, 2.75) is 32.3 Å². The lowest BCUT2D eigenvalue weighted by molar-refractivity contribution is 0.184. The zero-order valence-electron chi connectivity index (χ0n) is 11.0. The number of hydrogen-bond acceptors (Lipinski definition) is 5. The maximum atomic E-state index is 9.06. The summed E-state index contributed by atoms with van der Waals surface area (Å²) in [5.41, 5.74) is 0.788. The van der Waals surface area contributed by atoms with E-state index < -0.39 is 0 Å². The Morgan fingerprint density at radius 1 is 1.61 bits per heavy atom. The summed E-state index contributed by atoms with van der Waals surface area (Å²) in [6.07, 6.45) is 4.95. The second kappa shape index (κ2) is 7.07. The van der Waals surface area contributed by atoms with E-state index in [-0.39, 0.29) is 6.61 Å². The molecule has 102 valence electrons. The third-order valence-electron chi connectivity index (χ3n) is 3.45. The van der Waals surface area contributed by atoms with Crippen LogP contribution in [0.2, 0.25) is 0 Å². The van der Waals surface area contributed by atoms with Gasteiger partial charge >= 0.3 is 0 Å². The third kappa shape index (κ3) is 3.67. The highest BCUT2D eigenvalue weighted by molar-refractivity contribution is 7.13. The molecule has 0 saturated carbocycles. The number of rotatable bonds is 6. The predicted octanol–water partition coefficient (Wildman–Crippen LogP) is 2.28. The topological polar surface area (TPSA) is 45.6 Å². The molecule has 0 aromatic carbocycles. The van der Waals surface area contributed by atoms with Crippen molar-refractivity contribution in [1.82, 2.24) is 4.98 Å². The van der Waals surface area contributed by atoms with Gasteiger partial charge in [-0.2, -0.15) is 0 Å². The number of aliphatic hydroxyl groups excluding tert-OH is 1. The Balaban J connectivity index is 1.85. The van der Waals surface area contributed by atoms with E-state index in [1.54, 1.807) is 18.4 Å². The van der Waals surface area contributed by atoms with Crippen molar-refractivity contribution >= 4 is 16.5 Å². The molecule has 1 N–H and O–H groups in total. The summed E-state index contributed by atoms with van der Waals surface area (Å²) in [7, 11) is 1.76. The van der Waals surface area contributed by atoms with E-state index in [0.29, 0.717) is 0 Å². The number of nitrogens with zero attached hydrogens (tertiary/aromatic N) is 2. The number of anilines is 1.